The molecule has 0 atom stereocenters. The van der Waals surface area contributed by atoms with Crippen LogP contribution in [0.4, 0.5) is 0 Å². The van der Waals surface area contributed by atoms with Crippen LogP contribution < -0.4 is 4.72 Å². The number of carbonyl (C=O) groups is 1. The Bertz CT molecular complexity index is 638. The van der Waals surface area contributed by atoms with Crippen molar-refractivity contribution in [2.45, 2.75) is 37.6 Å². The van der Waals surface area contributed by atoms with Gasteiger partial charge in [-0.3, -0.25) is 4.79 Å². The summed E-state index contributed by atoms with van der Waals surface area (Å²) in [5.41, 5.74) is 0.621. The molecule has 1 heterocycles. The minimum absolute atomic E-state index is 0.0323. The van der Waals surface area contributed by atoms with Gasteiger partial charge in [0.05, 0.1) is 4.90 Å². The van der Waals surface area contributed by atoms with Crippen LogP contribution in [0.1, 0.15) is 25.3 Å². The van der Waals surface area contributed by atoms with E-state index < -0.39 is 10.0 Å². The number of rotatable bonds is 3. The topological polar surface area (TPSA) is 66.5 Å². The predicted octanol–water partition coefficient (Wildman–Crippen LogP) is 1.94. The van der Waals surface area contributed by atoms with E-state index in [-0.39, 0.29) is 16.8 Å². The van der Waals surface area contributed by atoms with Crippen LogP contribution in [0.5, 0.6) is 0 Å². The molecule has 1 aromatic carbocycles. The second kappa shape index (κ2) is 6.34. The molecule has 1 N–H and O–H groups in total. The van der Waals surface area contributed by atoms with Gasteiger partial charge in [-0.05, 0) is 43.5 Å². The smallest absolute Gasteiger partial charge is 0.241 e. The lowest BCUT2D eigenvalue weighted by Gasteiger charge is -2.31. The highest BCUT2D eigenvalue weighted by atomic mass is 35.5. The molecule has 7 heteroatoms. The minimum atomic E-state index is -3.56. The number of benzene rings is 1. The first-order valence-corrected chi connectivity index (χ1v) is 8.70. The number of likely N-dealkylation sites (tertiary alicyclic amines) is 1. The molecule has 1 aromatic rings. The van der Waals surface area contributed by atoms with Crippen LogP contribution in [0, 0.1) is 6.92 Å². The lowest BCUT2D eigenvalue weighted by Crippen LogP contribution is -2.46. The van der Waals surface area contributed by atoms with Gasteiger partial charge in [-0.2, -0.15) is 0 Å². The van der Waals surface area contributed by atoms with E-state index in [0.29, 0.717) is 36.5 Å². The summed E-state index contributed by atoms with van der Waals surface area (Å²) in [6.45, 7) is 4.42. The molecule has 21 heavy (non-hydrogen) atoms. The summed E-state index contributed by atoms with van der Waals surface area (Å²) in [5.74, 6) is 0.0323. The fraction of sp³-hybridized carbons (Fsp3) is 0.500. The van der Waals surface area contributed by atoms with Crippen LogP contribution in [0.2, 0.25) is 5.02 Å². The van der Waals surface area contributed by atoms with E-state index >= 15 is 0 Å². The zero-order chi connectivity index (χ0) is 15.6. The normalized spacial score (nSPS) is 17.0. The molecule has 2 rings (SSSR count). The summed E-state index contributed by atoms with van der Waals surface area (Å²) in [7, 11) is -3.56. The standard InChI is InChI=1S/C14H19ClN2O3S/c1-10-9-12(15)3-4-14(10)21(19,20)16-13-5-7-17(8-6-13)11(2)18/h3-4,9,13,16H,5-8H2,1-2H3. The maximum atomic E-state index is 12.4. The van der Waals surface area contributed by atoms with Gasteiger partial charge in [0.25, 0.3) is 0 Å². The quantitative estimate of drug-likeness (QED) is 0.921. The Balaban J connectivity index is 2.07. The van der Waals surface area contributed by atoms with E-state index in [4.69, 9.17) is 11.6 Å². The highest BCUT2D eigenvalue weighted by molar-refractivity contribution is 7.89. The van der Waals surface area contributed by atoms with E-state index in [2.05, 4.69) is 4.72 Å². The molecule has 0 radical (unpaired) electrons. The lowest BCUT2D eigenvalue weighted by molar-refractivity contribution is -0.129. The van der Waals surface area contributed by atoms with Crippen LogP contribution in [0.25, 0.3) is 0 Å². The molecular formula is C14H19ClN2O3S. The minimum Gasteiger partial charge on any atom is -0.343 e. The third kappa shape index (κ3) is 3.96. The van der Waals surface area contributed by atoms with E-state index in [1.807, 2.05) is 0 Å². The van der Waals surface area contributed by atoms with E-state index in [9.17, 15) is 13.2 Å². The Morgan fingerprint density at radius 2 is 1.95 bits per heavy atom. The summed E-state index contributed by atoms with van der Waals surface area (Å²) in [4.78, 5) is 13.2. The van der Waals surface area contributed by atoms with Gasteiger partial charge in [0.2, 0.25) is 15.9 Å². The summed E-state index contributed by atoms with van der Waals surface area (Å²) in [5, 5.41) is 0.515. The second-order valence-electron chi connectivity index (χ2n) is 5.31. The number of piperidine rings is 1. The summed E-state index contributed by atoms with van der Waals surface area (Å²) >= 11 is 5.85. The number of carbonyl (C=O) groups excluding carboxylic acids is 1. The van der Waals surface area contributed by atoms with Crippen molar-refractivity contribution in [3.63, 3.8) is 0 Å². The molecule has 0 spiro atoms. The lowest BCUT2D eigenvalue weighted by atomic mass is 10.1. The highest BCUT2D eigenvalue weighted by Crippen LogP contribution is 2.21. The molecule has 0 saturated carbocycles. The molecule has 0 unspecified atom stereocenters. The first kappa shape index (κ1) is 16.3. The molecule has 0 aromatic heterocycles. The molecule has 0 bridgehead atoms. The van der Waals surface area contributed by atoms with Crippen molar-refractivity contribution in [2.24, 2.45) is 0 Å². The monoisotopic (exact) mass is 330 g/mol. The summed E-state index contributed by atoms with van der Waals surface area (Å²) < 4.78 is 27.5. The number of aryl methyl sites for hydroxylation is 1. The van der Waals surface area contributed by atoms with Gasteiger partial charge >= 0.3 is 0 Å². The van der Waals surface area contributed by atoms with E-state index in [1.165, 1.54) is 13.0 Å². The van der Waals surface area contributed by atoms with Crippen LogP contribution in [-0.4, -0.2) is 38.4 Å². The fourth-order valence-electron chi connectivity index (χ4n) is 2.51. The predicted molar refractivity (Wildman–Crippen MR) is 81.8 cm³/mol. The van der Waals surface area contributed by atoms with Crippen molar-refractivity contribution >= 4 is 27.5 Å². The number of nitrogens with one attached hydrogen (secondary N) is 1. The molecule has 1 amide bonds. The van der Waals surface area contributed by atoms with Gasteiger partial charge in [-0.1, -0.05) is 11.6 Å². The first-order valence-electron chi connectivity index (χ1n) is 6.83. The molecule has 5 nitrogen and oxygen atoms in total. The molecule has 1 saturated heterocycles. The van der Waals surface area contributed by atoms with Crippen molar-refractivity contribution < 1.29 is 13.2 Å². The Morgan fingerprint density at radius 1 is 1.33 bits per heavy atom. The van der Waals surface area contributed by atoms with Crippen molar-refractivity contribution in [3.05, 3.63) is 28.8 Å². The SMILES string of the molecule is CC(=O)N1CCC(NS(=O)(=O)c2ccc(Cl)cc2C)CC1. The zero-order valence-electron chi connectivity index (χ0n) is 12.1. The van der Waals surface area contributed by atoms with Crippen LogP contribution in [0.15, 0.2) is 23.1 Å². The second-order valence-corrected chi connectivity index (χ2v) is 7.43. The van der Waals surface area contributed by atoms with Crippen LogP contribution in [-0.2, 0) is 14.8 Å². The van der Waals surface area contributed by atoms with Crippen molar-refractivity contribution in [2.75, 3.05) is 13.1 Å². The Morgan fingerprint density at radius 3 is 2.48 bits per heavy atom. The van der Waals surface area contributed by atoms with Gasteiger partial charge in [-0.25, -0.2) is 13.1 Å². The van der Waals surface area contributed by atoms with Crippen molar-refractivity contribution in [3.8, 4) is 0 Å². The number of nitrogens with zero attached hydrogens (tertiary/aromatic N) is 1. The van der Waals surface area contributed by atoms with E-state index in [1.54, 1.807) is 24.0 Å². The molecular weight excluding hydrogens is 312 g/mol. The summed E-state index contributed by atoms with van der Waals surface area (Å²) in [6, 6.07) is 4.58. The Hall–Kier alpha value is -1.11. The number of hydrogen-bond acceptors (Lipinski definition) is 3. The average molecular weight is 331 g/mol. The van der Waals surface area contributed by atoms with Crippen molar-refractivity contribution in [1.29, 1.82) is 0 Å². The third-order valence-electron chi connectivity index (χ3n) is 3.69. The number of halogens is 1. The molecule has 1 aliphatic rings. The largest absolute Gasteiger partial charge is 0.343 e. The van der Waals surface area contributed by atoms with Crippen molar-refractivity contribution in [1.82, 2.24) is 9.62 Å². The Labute approximate surface area is 130 Å². The van der Waals surface area contributed by atoms with Gasteiger partial charge in [-0.15, -0.1) is 0 Å². The zero-order valence-corrected chi connectivity index (χ0v) is 13.7. The van der Waals surface area contributed by atoms with Crippen LogP contribution >= 0.6 is 11.6 Å². The number of sulfonamides is 1. The van der Waals surface area contributed by atoms with Gasteiger partial charge < -0.3 is 4.90 Å². The van der Waals surface area contributed by atoms with Gasteiger partial charge in [0, 0.05) is 31.1 Å². The van der Waals surface area contributed by atoms with Gasteiger partial charge in [0.15, 0.2) is 0 Å². The maximum absolute atomic E-state index is 12.4. The van der Waals surface area contributed by atoms with E-state index in [0.717, 1.165) is 0 Å². The number of amides is 1. The third-order valence-corrected chi connectivity index (χ3v) is 5.60. The average Bonchev–Trinajstić information content (AvgIpc) is 2.38. The highest BCUT2D eigenvalue weighted by Gasteiger charge is 2.26. The van der Waals surface area contributed by atoms with Crippen LogP contribution in [0.3, 0.4) is 0 Å². The van der Waals surface area contributed by atoms with Gasteiger partial charge in [0.1, 0.15) is 0 Å². The summed E-state index contributed by atoms with van der Waals surface area (Å²) in [6.07, 6.45) is 1.26. The first-order chi connectivity index (χ1) is 9.79. The maximum Gasteiger partial charge on any atom is 0.241 e. The Kier molecular flexibility index (Phi) is 4.91. The molecule has 116 valence electrons. The fourth-order valence-corrected chi connectivity index (χ4v) is 4.27. The molecule has 1 aliphatic heterocycles. The number of hydrogen-bond donors (Lipinski definition) is 1. The molecule has 1 fully saturated rings. The molecule has 0 aliphatic carbocycles.